The Morgan fingerprint density at radius 2 is 1.95 bits per heavy atom. The summed E-state index contributed by atoms with van der Waals surface area (Å²) in [6.45, 7) is 5.62. The average Bonchev–Trinajstić information content (AvgIpc) is 2.73. The maximum absolute atomic E-state index is 12.6. The van der Waals surface area contributed by atoms with Crippen LogP contribution in [0, 0.1) is 0 Å². The molecule has 124 valence electrons. The molecule has 1 amide bonds. The van der Waals surface area contributed by atoms with E-state index >= 15 is 0 Å². The molecule has 22 heavy (non-hydrogen) atoms. The minimum Gasteiger partial charge on any atom is -0.341 e. The van der Waals surface area contributed by atoms with Gasteiger partial charge in [0.05, 0.1) is 5.54 Å². The van der Waals surface area contributed by atoms with Crippen molar-refractivity contribution in [2.45, 2.75) is 57.4 Å². The Labute approximate surface area is 140 Å². The Hall–Kier alpha value is -1.06. The van der Waals surface area contributed by atoms with Crippen molar-refractivity contribution >= 4 is 18.3 Å². The van der Waals surface area contributed by atoms with Gasteiger partial charge in [0.15, 0.2) is 0 Å². The molecule has 1 aromatic carbocycles. The van der Waals surface area contributed by atoms with Crippen LogP contribution in [0.5, 0.6) is 0 Å². The second-order valence-corrected chi connectivity index (χ2v) is 6.50. The summed E-state index contributed by atoms with van der Waals surface area (Å²) >= 11 is 0. The van der Waals surface area contributed by atoms with E-state index in [0.717, 1.165) is 45.2 Å². The van der Waals surface area contributed by atoms with Crippen molar-refractivity contribution in [3.8, 4) is 0 Å². The largest absolute Gasteiger partial charge is 0.341 e. The Bertz CT molecular complexity index is 461. The summed E-state index contributed by atoms with van der Waals surface area (Å²) < 4.78 is 0. The minimum absolute atomic E-state index is 0. The maximum atomic E-state index is 12.6. The number of amides is 1. The molecule has 2 unspecified atom stereocenters. The number of nitrogens with two attached hydrogens (primary N) is 1. The number of nitrogens with zero attached hydrogens (tertiary/aromatic N) is 1. The quantitative estimate of drug-likeness (QED) is 0.917. The molecule has 2 N–H and O–H groups in total. The molecule has 0 aromatic heterocycles. The average molecular weight is 325 g/mol. The minimum atomic E-state index is -0.707. The van der Waals surface area contributed by atoms with Gasteiger partial charge < -0.3 is 10.6 Å². The van der Waals surface area contributed by atoms with Crippen molar-refractivity contribution in [3.05, 3.63) is 35.9 Å². The molecule has 2 atom stereocenters. The summed E-state index contributed by atoms with van der Waals surface area (Å²) in [4.78, 5) is 14.6. The van der Waals surface area contributed by atoms with Crippen LogP contribution >= 0.6 is 12.4 Å². The third-order valence-corrected chi connectivity index (χ3v) is 4.54. The van der Waals surface area contributed by atoms with E-state index in [9.17, 15) is 4.79 Å². The molecule has 1 aliphatic rings. The summed E-state index contributed by atoms with van der Waals surface area (Å²) in [7, 11) is 0. The van der Waals surface area contributed by atoms with E-state index in [1.807, 2.05) is 11.8 Å². The number of hydrogen-bond donors (Lipinski definition) is 1. The molecule has 0 radical (unpaired) electrons. The van der Waals surface area contributed by atoms with E-state index in [1.54, 1.807) is 0 Å². The first-order valence-corrected chi connectivity index (χ1v) is 8.18. The van der Waals surface area contributed by atoms with E-state index in [-0.39, 0.29) is 18.3 Å². The topological polar surface area (TPSA) is 46.3 Å². The number of likely N-dealkylation sites (tertiary alicyclic amines) is 1. The van der Waals surface area contributed by atoms with Gasteiger partial charge in [-0.3, -0.25) is 4.79 Å². The highest BCUT2D eigenvalue weighted by molar-refractivity contribution is 5.86. The molecule has 1 fully saturated rings. The van der Waals surface area contributed by atoms with Crippen LogP contribution in [-0.2, 0) is 4.79 Å². The third-order valence-electron chi connectivity index (χ3n) is 4.54. The zero-order valence-corrected chi connectivity index (χ0v) is 14.6. The normalized spacial score (nSPS) is 21.4. The SMILES string of the molecule is CCCC(C)(N)C(=O)N1CCCC(c2ccccc2)CC1.Cl. The second-order valence-electron chi connectivity index (χ2n) is 6.50. The summed E-state index contributed by atoms with van der Waals surface area (Å²) in [5.74, 6) is 0.692. The molecule has 0 aliphatic carbocycles. The second kappa shape index (κ2) is 8.54. The van der Waals surface area contributed by atoms with Gasteiger partial charge in [0.25, 0.3) is 0 Å². The number of benzene rings is 1. The summed E-state index contributed by atoms with van der Waals surface area (Å²) in [5, 5.41) is 0. The summed E-state index contributed by atoms with van der Waals surface area (Å²) in [6, 6.07) is 10.7. The lowest BCUT2D eigenvalue weighted by atomic mass is 9.92. The molecule has 0 spiro atoms. The fourth-order valence-corrected chi connectivity index (χ4v) is 3.35. The van der Waals surface area contributed by atoms with Crippen LogP contribution in [0.15, 0.2) is 30.3 Å². The van der Waals surface area contributed by atoms with E-state index in [4.69, 9.17) is 5.73 Å². The van der Waals surface area contributed by atoms with Gasteiger partial charge in [-0.15, -0.1) is 12.4 Å². The van der Waals surface area contributed by atoms with Gasteiger partial charge in [-0.2, -0.15) is 0 Å². The molecule has 3 nitrogen and oxygen atoms in total. The lowest BCUT2D eigenvalue weighted by Crippen LogP contribution is -2.53. The molecule has 1 heterocycles. The van der Waals surface area contributed by atoms with Crippen molar-refractivity contribution in [1.82, 2.24) is 4.90 Å². The van der Waals surface area contributed by atoms with Gasteiger partial charge >= 0.3 is 0 Å². The lowest BCUT2D eigenvalue weighted by Gasteiger charge is -2.31. The van der Waals surface area contributed by atoms with Crippen molar-refractivity contribution in [1.29, 1.82) is 0 Å². The van der Waals surface area contributed by atoms with E-state index in [2.05, 4.69) is 37.3 Å². The van der Waals surface area contributed by atoms with Gasteiger partial charge in [0.2, 0.25) is 5.91 Å². The zero-order valence-electron chi connectivity index (χ0n) is 13.8. The van der Waals surface area contributed by atoms with Gasteiger partial charge in [-0.1, -0.05) is 43.7 Å². The van der Waals surface area contributed by atoms with Gasteiger partial charge in [0, 0.05) is 13.1 Å². The predicted octanol–water partition coefficient (Wildman–Crippen LogP) is 3.72. The fraction of sp³-hybridized carbons (Fsp3) is 0.611. The first-order valence-electron chi connectivity index (χ1n) is 8.18. The van der Waals surface area contributed by atoms with Crippen LogP contribution in [0.25, 0.3) is 0 Å². The number of rotatable bonds is 4. The molecule has 2 rings (SSSR count). The van der Waals surface area contributed by atoms with Crippen molar-refractivity contribution in [2.24, 2.45) is 5.73 Å². The molecule has 1 aromatic rings. The fourth-order valence-electron chi connectivity index (χ4n) is 3.35. The smallest absolute Gasteiger partial charge is 0.242 e. The highest BCUT2D eigenvalue weighted by Gasteiger charge is 2.32. The molecule has 1 saturated heterocycles. The van der Waals surface area contributed by atoms with Crippen molar-refractivity contribution in [3.63, 3.8) is 0 Å². The van der Waals surface area contributed by atoms with Crippen LogP contribution in [0.1, 0.15) is 57.4 Å². The predicted molar refractivity (Wildman–Crippen MR) is 94.4 cm³/mol. The number of halogens is 1. The standard InChI is InChI=1S/C18H28N2O.ClH/c1-3-12-18(2,19)17(21)20-13-7-10-16(11-14-20)15-8-5-4-6-9-15;/h4-6,8-9,16H,3,7,10-14,19H2,1-2H3;1H. The van der Waals surface area contributed by atoms with Gasteiger partial charge in [0.1, 0.15) is 0 Å². The number of carbonyl (C=O) groups is 1. The van der Waals surface area contributed by atoms with E-state index in [1.165, 1.54) is 5.56 Å². The Morgan fingerprint density at radius 1 is 1.27 bits per heavy atom. The van der Waals surface area contributed by atoms with Gasteiger partial charge in [-0.05, 0) is 44.1 Å². The third kappa shape index (κ3) is 4.72. The summed E-state index contributed by atoms with van der Waals surface area (Å²) in [6.07, 6.45) is 4.96. The maximum Gasteiger partial charge on any atom is 0.242 e. The molecule has 1 aliphatic heterocycles. The Morgan fingerprint density at radius 3 is 2.59 bits per heavy atom. The first kappa shape index (κ1) is 19.0. The molecular weight excluding hydrogens is 296 g/mol. The lowest BCUT2D eigenvalue weighted by molar-refractivity contribution is -0.136. The molecular formula is C18H29ClN2O. The van der Waals surface area contributed by atoms with Crippen molar-refractivity contribution < 1.29 is 4.79 Å². The Balaban J connectivity index is 0.00000242. The highest BCUT2D eigenvalue weighted by Crippen LogP contribution is 2.28. The van der Waals surface area contributed by atoms with Crippen LogP contribution in [0.2, 0.25) is 0 Å². The monoisotopic (exact) mass is 324 g/mol. The summed E-state index contributed by atoms with van der Waals surface area (Å²) in [5.41, 5.74) is 6.90. The zero-order chi connectivity index (χ0) is 15.3. The highest BCUT2D eigenvalue weighted by atomic mass is 35.5. The van der Waals surface area contributed by atoms with Crippen LogP contribution in [0.3, 0.4) is 0 Å². The van der Waals surface area contributed by atoms with E-state index < -0.39 is 5.54 Å². The Kier molecular flexibility index (Phi) is 7.37. The van der Waals surface area contributed by atoms with Gasteiger partial charge in [-0.25, -0.2) is 0 Å². The van der Waals surface area contributed by atoms with Crippen LogP contribution in [0.4, 0.5) is 0 Å². The van der Waals surface area contributed by atoms with Crippen LogP contribution < -0.4 is 5.73 Å². The number of hydrogen-bond acceptors (Lipinski definition) is 2. The molecule has 0 bridgehead atoms. The van der Waals surface area contributed by atoms with Crippen LogP contribution in [-0.4, -0.2) is 29.4 Å². The van der Waals surface area contributed by atoms with Crippen molar-refractivity contribution in [2.75, 3.05) is 13.1 Å². The number of carbonyl (C=O) groups excluding carboxylic acids is 1. The first-order chi connectivity index (χ1) is 10.0. The molecule has 4 heteroatoms. The van der Waals surface area contributed by atoms with E-state index in [0.29, 0.717) is 5.92 Å². The molecule has 0 saturated carbocycles.